The van der Waals surface area contributed by atoms with Gasteiger partial charge in [-0.05, 0) is 44.2 Å². The Labute approximate surface area is 217 Å². The van der Waals surface area contributed by atoms with Crippen LogP contribution in [0.25, 0.3) is 0 Å². The van der Waals surface area contributed by atoms with Gasteiger partial charge >= 0.3 is 0 Å². The van der Waals surface area contributed by atoms with E-state index in [1.807, 2.05) is 40.7 Å². The zero-order valence-corrected chi connectivity index (χ0v) is 22.7. The van der Waals surface area contributed by atoms with E-state index in [1.54, 1.807) is 30.3 Å². The number of nitriles is 1. The fraction of sp³-hybridized carbons (Fsp3) is 0.346. The van der Waals surface area contributed by atoms with Crippen molar-refractivity contribution in [1.82, 2.24) is 9.19 Å². The van der Waals surface area contributed by atoms with E-state index in [9.17, 15) is 18.5 Å². The lowest BCUT2D eigenvalue weighted by Gasteiger charge is -2.22. The molecule has 0 atom stereocenters. The molecule has 0 aliphatic rings. The Morgan fingerprint density at radius 2 is 1.76 bits per heavy atom. The molecule has 37 heavy (non-hydrogen) atoms. The Hall–Kier alpha value is -4.04. The van der Waals surface area contributed by atoms with E-state index in [-0.39, 0.29) is 27.9 Å². The Morgan fingerprint density at radius 1 is 1.11 bits per heavy atom. The van der Waals surface area contributed by atoms with E-state index in [2.05, 4.69) is 31.6 Å². The third-order valence-electron chi connectivity index (χ3n) is 5.60. The number of carbonyl (C=O) groups excluding carboxylic acids is 1. The summed E-state index contributed by atoms with van der Waals surface area (Å²) in [6, 6.07) is 15.2. The molecular weight excluding hydrogens is 490 g/mol. The smallest absolute Gasteiger partial charge is 0.285 e. The van der Waals surface area contributed by atoms with Gasteiger partial charge in [-0.2, -0.15) is 18.8 Å². The minimum atomic E-state index is -4.18. The van der Waals surface area contributed by atoms with Gasteiger partial charge in [0, 0.05) is 31.1 Å². The summed E-state index contributed by atoms with van der Waals surface area (Å²) in [5.74, 6) is -0.504. The Bertz CT molecular complexity index is 1460. The molecule has 0 saturated carbocycles. The highest BCUT2D eigenvalue weighted by atomic mass is 32.2. The van der Waals surface area contributed by atoms with Gasteiger partial charge in [-0.15, -0.1) is 14.3 Å². The second kappa shape index (κ2) is 10.9. The molecule has 0 saturated heterocycles. The maximum atomic E-state index is 13.5. The van der Waals surface area contributed by atoms with Crippen LogP contribution in [0, 0.1) is 11.3 Å². The van der Waals surface area contributed by atoms with Crippen molar-refractivity contribution in [2.75, 3.05) is 23.3 Å². The normalized spacial score (nSPS) is 11.9. The summed E-state index contributed by atoms with van der Waals surface area (Å²) >= 11 is 0. The molecule has 0 aliphatic carbocycles. The van der Waals surface area contributed by atoms with Crippen LogP contribution in [0.4, 0.5) is 22.9 Å². The standard InChI is InChI=1S/C26H31N7O3S/c1-7-32(8-2)19-14-15-22(23(16-19)28-18(3)34)29-30-25-21(17-27)24(26(4,5)6)31-33(25)37(35,36)20-12-10-9-11-13-20/h9-16H,7-8H2,1-6H3,(H,28,34). The van der Waals surface area contributed by atoms with Crippen LogP contribution in [0.15, 0.2) is 63.7 Å². The summed E-state index contributed by atoms with van der Waals surface area (Å²) < 4.78 is 27.8. The lowest BCUT2D eigenvalue weighted by atomic mass is 9.90. The van der Waals surface area contributed by atoms with Crippen LogP contribution < -0.4 is 10.2 Å². The average molecular weight is 522 g/mol. The van der Waals surface area contributed by atoms with Crippen molar-refractivity contribution in [2.24, 2.45) is 10.2 Å². The zero-order valence-electron chi connectivity index (χ0n) is 21.8. The van der Waals surface area contributed by atoms with Crippen molar-refractivity contribution >= 4 is 38.8 Å². The van der Waals surface area contributed by atoms with Crippen molar-refractivity contribution < 1.29 is 13.2 Å². The first-order chi connectivity index (χ1) is 17.4. The molecule has 1 N–H and O–H groups in total. The number of carbonyl (C=O) groups is 1. The van der Waals surface area contributed by atoms with Crippen LogP contribution in [0.5, 0.6) is 0 Å². The molecule has 0 aliphatic heterocycles. The number of benzene rings is 2. The number of anilines is 2. The summed E-state index contributed by atoms with van der Waals surface area (Å²) in [6.45, 7) is 12.5. The first-order valence-electron chi connectivity index (χ1n) is 11.9. The third kappa shape index (κ3) is 5.86. The van der Waals surface area contributed by atoms with Crippen LogP contribution in [0.1, 0.15) is 52.8 Å². The van der Waals surface area contributed by atoms with Crippen LogP contribution in [-0.2, 0) is 20.2 Å². The highest BCUT2D eigenvalue weighted by Crippen LogP contribution is 2.36. The molecule has 2 aromatic carbocycles. The van der Waals surface area contributed by atoms with Gasteiger partial charge in [0.25, 0.3) is 10.0 Å². The molecule has 1 amide bonds. The van der Waals surface area contributed by atoms with Gasteiger partial charge in [-0.1, -0.05) is 39.0 Å². The van der Waals surface area contributed by atoms with Crippen LogP contribution in [0.3, 0.4) is 0 Å². The summed E-state index contributed by atoms with van der Waals surface area (Å²) in [4.78, 5) is 14.0. The highest BCUT2D eigenvalue weighted by Gasteiger charge is 2.32. The number of amides is 1. The molecule has 0 bridgehead atoms. The number of hydrogen-bond donors (Lipinski definition) is 1. The lowest BCUT2D eigenvalue weighted by molar-refractivity contribution is -0.114. The monoisotopic (exact) mass is 521 g/mol. The fourth-order valence-corrected chi connectivity index (χ4v) is 5.00. The molecule has 0 fully saturated rings. The molecule has 0 radical (unpaired) electrons. The minimum Gasteiger partial charge on any atom is -0.372 e. The first-order valence-corrected chi connectivity index (χ1v) is 13.3. The van der Waals surface area contributed by atoms with Gasteiger partial charge in [-0.3, -0.25) is 4.79 Å². The maximum absolute atomic E-state index is 13.5. The van der Waals surface area contributed by atoms with E-state index in [1.165, 1.54) is 19.1 Å². The molecule has 194 valence electrons. The molecule has 3 aromatic rings. The molecular formula is C26H31N7O3S. The SMILES string of the molecule is CCN(CC)c1ccc(N=Nc2c(C#N)c(C(C)(C)C)nn2S(=O)(=O)c2ccccc2)c(NC(C)=O)c1. The quantitative estimate of drug-likeness (QED) is 0.389. The predicted octanol–water partition coefficient (Wildman–Crippen LogP) is 5.51. The molecule has 3 rings (SSSR count). The molecule has 1 heterocycles. The van der Waals surface area contributed by atoms with E-state index in [0.717, 1.165) is 22.9 Å². The molecule has 0 unspecified atom stereocenters. The van der Waals surface area contributed by atoms with Crippen molar-refractivity contribution in [1.29, 1.82) is 5.26 Å². The van der Waals surface area contributed by atoms with E-state index < -0.39 is 15.4 Å². The Morgan fingerprint density at radius 3 is 2.30 bits per heavy atom. The summed E-state index contributed by atoms with van der Waals surface area (Å²) in [6.07, 6.45) is 0. The van der Waals surface area contributed by atoms with Gasteiger partial charge in [0.15, 0.2) is 0 Å². The van der Waals surface area contributed by atoms with E-state index in [4.69, 9.17) is 0 Å². The number of nitrogens with zero attached hydrogens (tertiary/aromatic N) is 6. The summed E-state index contributed by atoms with van der Waals surface area (Å²) in [7, 11) is -4.18. The topological polar surface area (TPSA) is 133 Å². The highest BCUT2D eigenvalue weighted by molar-refractivity contribution is 7.90. The molecule has 11 heteroatoms. The average Bonchev–Trinajstić information content (AvgIpc) is 3.24. The van der Waals surface area contributed by atoms with Crippen LogP contribution in [0.2, 0.25) is 0 Å². The molecule has 0 spiro atoms. The molecule has 10 nitrogen and oxygen atoms in total. The minimum absolute atomic E-state index is 0.00131. The number of rotatable bonds is 8. The number of nitrogens with one attached hydrogen (secondary N) is 1. The largest absolute Gasteiger partial charge is 0.372 e. The Kier molecular flexibility index (Phi) is 8.13. The van der Waals surface area contributed by atoms with Crippen molar-refractivity contribution in [3.63, 3.8) is 0 Å². The second-order valence-electron chi connectivity index (χ2n) is 9.33. The van der Waals surface area contributed by atoms with Crippen molar-refractivity contribution in [2.45, 2.75) is 51.9 Å². The van der Waals surface area contributed by atoms with Gasteiger partial charge in [0.2, 0.25) is 11.7 Å². The number of aromatic nitrogens is 2. The zero-order chi connectivity index (χ0) is 27.4. The number of azo groups is 1. The number of hydrogen-bond acceptors (Lipinski definition) is 8. The second-order valence-corrected chi connectivity index (χ2v) is 11.1. The predicted molar refractivity (Wildman–Crippen MR) is 143 cm³/mol. The fourth-order valence-electron chi connectivity index (χ4n) is 3.75. The summed E-state index contributed by atoms with van der Waals surface area (Å²) in [5.41, 5.74) is 1.25. The van der Waals surface area contributed by atoms with Gasteiger partial charge in [0.1, 0.15) is 17.3 Å². The van der Waals surface area contributed by atoms with E-state index in [0.29, 0.717) is 11.4 Å². The first kappa shape index (κ1) is 27.5. The van der Waals surface area contributed by atoms with Crippen molar-refractivity contribution in [3.05, 3.63) is 59.8 Å². The van der Waals surface area contributed by atoms with Crippen molar-refractivity contribution in [3.8, 4) is 6.07 Å². The van der Waals surface area contributed by atoms with Gasteiger partial charge in [0.05, 0.1) is 16.3 Å². The lowest BCUT2D eigenvalue weighted by Crippen LogP contribution is -2.21. The summed E-state index contributed by atoms with van der Waals surface area (Å²) in [5, 5.41) is 25.5. The van der Waals surface area contributed by atoms with Crippen LogP contribution >= 0.6 is 0 Å². The molecule has 1 aromatic heterocycles. The van der Waals surface area contributed by atoms with Gasteiger partial charge in [-0.25, -0.2) is 0 Å². The Balaban J connectivity index is 2.23. The van der Waals surface area contributed by atoms with Crippen LogP contribution in [-0.4, -0.2) is 36.6 Å². The van der Waals surface area contributed by atoms with E-state index >= 15 is 0 Å². The maximum Gasteiger partial charge on any atom is 0.285 e. The third-order valence-corrected chi connectivity index (χ3v) is 7.17. The van der Waals surface area contributed by atoms with Gasteiger partial charge < -0.3 is 10.2 Å².